The smallest absolute Gasteiger partial charge is 0.0998 e. The topological polar surface area (TPSA) is 36.7 Å². The molecular formula is C18H10N2S. The third-order valence-electron chi connectivity index (χ3n) is 3.66. The number of benzene rings is 3. The van der Waals surface area contributed by atoms with E-state index in [0.29, 0.717) is 5.56 Å². The second kappa shape index (κ2) is 4.69. The largest absolute Gasteiger partial charge is 0.192 e. The number of nitriles is 1. The van der Waals surface area contributed by atoms with Crippen LogP contribution in [0.1, 0.15) is 5.56 Å². The molecule has 98 valence electrons. The van der Waals surface area contributed by atoms with E-state index in [1.54, 1.807) is 0 Å². The Hall–Kier alpha value is -2.70. The highest BCUT2D eigenvalue weighted by molar-refractivity contribution is 7.13. The van der Waals surface area contributed by atoms with Crippen LogP contribution in [0.2, 0.25) is 0 Å². The van der Waals surface area contributed by atoms with Gasteiger partial charge in [0.25, 0.3) is 0 Å². The van der Waals surface area contributed by atoms with Gasteiger partial charge in [-0.1, -0.05) is 48.5 Å². The van der Waals surface area contributed by atoms with E-state index in [0.717, 1.165) is 27.4 Å². The Morgan fingerprint density at radius 1 is 0.905 bits per heavy atom. The van der Waals surface area contributed by atoms with Crippen LogP contribution >= 0.6 is 11.5 Å². The van der Waals surface area contributed by atoms with Crippen molar-refractivity contribution in [3.05, 3.63) is 66.2 Å². The third-order valence-corrected chi connectivity index (χ3v) is 4.48. The van der Waals surface area contributed by atoms with Crippen molar-refractivity contribution in [3.8, 4) is 17.3 Å². The minimum Gasteiger partial charge on any atom is -0.192 e. The van der Waals surface area contributed by atoms with Gasteiger partial charge in [0.15, 0.2) is 0 Å². The molecule has 0 saturated carbocycles. The first kappa shape index (κ1) is 12.1. The Morgan fingerprint density at radius 3 is 2.57 bits per heavy atom. The van der Waals surface area contributed by atoms with Crippen molar-refractivity contribution >= 4 is 32.4 Å². The van der Waals surface area contributed by atoms with E-state index < -0.39 is 0 Å². The highest BCUT2D eigenvalue weighted by atomic mass is 32.1. The predicted octanol–water partition coefficient (Wildman–Crippen LogP) is 4.99. The molecule has 2 nitrogen and oxygen atoms in total. The second-order valence-corrected chi connectivity index (χ2v) is 5.65. The zero-order chi connectivity index (χ0) is 14.2. The molecule has 4 aromatic rings. The molecular weight excluding hydrogens is 276 g/mol. The average Bonchev–Trinajstić information content (AvgIpc) is 2.97. The number of hydrogen-bond donors (Lipinski definition) is 0. The lowest BCUT2D eigenvalue weighted by atomic mass is 9.96. The zero-order valence-corrected chi connectivity index (χ0v) is 11.9. The highest BCUT2D eigenvalue weighted by Gasteiger charge is 2.13. The van der Waals surface area contributed by atoms with Gasteiger partial charge in [0.05, 0.1) is 22.0 Å². The average molecular weight is 286 g/mol. The molecule has 0 aliphatic heterocycles. The van der Waals surface area contributed by atoms with E-state index in [2.05, 4.69) is 22.6 Å². The number of hydrogen-bond acceptors (Lipinski definition) is 3. The van der Waals surface area contributed by atoms with Gasteiger partial charge in [-0.3, -0.25) is 0 Å². The summed E-state index contributed by atoms with van der Waals surface area (Å²) < 4.78 is 5.79. The fourth-order valence-corrected chi connectivity index (χ4v) is 3.50. The molecule has 0 aliphatic rings. The van der Waals surface area contributed by atoms with Crippen molar-refractivity contribution in [3.63, 3.8) is 0 Å². The van der Waals surface area contributed by atoms with Crippen LogP contribution in [-0.2, 0) is 0 Å². The molecule has 3 aromatic carbocycles. The molecule has 0 unspecified atom stereocenters. The first-order chi connectivity index (χ1) is 10.4. The van der Waals surface area contributed by atoms with Crippen LogP contribution in [-0.4, -0.2) is 4.37 Å². The van der Waals surface area contributed by atoms with Crippen molar-refractivity contribution in [1.29, 1.82) is 5.26 Å². The van der Waals surface area contributed by atoms with Crippen LogP contribution in [0.3, 0.4) is 0 Å². The molecule has 1 heterocycles. The highest BCUT2D eigenvalue weighted by Crippen LogP contribution is 2.36. The molecule has 4 rings (SSSR count). The molecule has 0 spiro atoms. The maximum absolute atomic E-state index is 9.40. The summed E-state index contributed by atoms with van der Waals surface area (Å²) >= 11 is 1.50. The maximum Gasteiger partial charge on any atom is 0.0998 e. The van der Waals surface area contributed by atoms with E-state index in [-0.39, 0.29) is 0 Å². The van der Waals surface area contributed by atoms with Gasteiger partial charge in [0.2, 0.25) is 0 Å². The molecule has 0 fully saturated rings. The van der Waals surface area contributed by atoms with Crippen LogP contribution in [0.15, 0.2) is 60.7 Å². The predicted molar refractivity (Wildman–Crippen MR) is 87.3 cm³/mol. The summed E-state index contributed by atoms with van der Waals surface area (Å²) in [6.07, 6.45) is 0. The van der Waals surface area contributed by atoms with Gasteiger partial charge in [0.1, 0.15) is 0 Å². The van der Waals surface area contributed by atoms with Crippen molar-refractivity contribution in [2.75, 3.05) is 0 Å². The Balaban J connectivity index is 2.14. The molecule has 21 heavy (non-hydrogen) atoms. The Kier molecular flexibility index (Phi) is 2.70. The molecule has 0 amide bonds. The lowest BCUT2D eigenvalue weighted by Crippen LogP contribution is -1.86. The van der Waals surface area contributed by atoms with Gasteiger partial charge in [-0.05, 0) is 29.1 Å². The summed E-state index contributed by atoms with van der Waals surface area (Å²) in [6.45, 7) is 0. The van der Waals surface area contributed by atoms with Gasteiger partial charge in [0, 0.05) is 16.3 Å². The molecule has 0 N–H and O–H groups in total. The van der Waals surface area contributed by atoms with E-state index in [1.165, 1.54) is 16.2 Å². The minimum atomic E-state index is 0.695. The van der Waals surface area contributed by atoms with Crippen molar-refractivity contribution in [2.45, 2.75) is 0 Å². The quantitative estimate of drug-likeness (QED) is 0.494. The lowest BCUT2D eigenvalue weighted by Gasteiger charge is -2.06. The standard InChI is InChI=1S/C18H10N2S/c19-11-13-7-3-5-12-6-4-9-15(17(12)13)18-14-8-1-2-10-16(14)21-20-18/h1-10H. The monoisotopic (exact) mass is 286 g/mol. The SMILES string of the molecule is N#Cc1cccc2cccc(-c3nsc4ccccc34)c12. The zero-order valence-electron chi connectivity index (χ0n) is 11.1. The first-order valence-electron chi connectivity index (χ1n) is 6.65. The second-order valence-electron chi connectivity index (χ2n) is 4.85. The summed E-state index contributed by atoms with van der Waals surface area (Å²) in [6, 6.07) is 22.4. The minimum absolute atomic E-state index is 0.695. The van der Waals surface area contributed by atoms with Crippen LogP contribution < -0.4 is 0 Å². The van der Waals surface area contributed by atoms with Crippen LogP contribution in [0.25, 0.3) is 32.1 Å². The van der Waals surface area contributed by atoms with Crippen molar-refractivity contribution in [2.24, 2.45) is 0 Å². The molecule has 0 bridgehead atoms. The first-order valence-corrected chi connectivity index (χ1v) is 7.42. The fraction of sp³-hybridized carbons (Fsp3) is 0. The van der Waals surface area contributed by atoms with E-state index in [1.807, 2.05) is 48.5 Å². The normalized spacial score (nSPS) is 10.8. The van der Waals surface area contributed by atoms with Gasteiger partial charge in [-0.2, -0.15) is 9.64 Å². The number of aromatic nitrogens is 1. The van der Waals surface area contributed by atoms with Crippen LogP contribution in [0.4, 0.5) is 0 Å². The Bertz CT molecular complexity index is 1000. The molecule has 1 aromatic heterocycles. The van der Waals surface area contributed by atoms with Crippen molar-refractivity contribution in [1.82, 2.24) is 4.37 Å². The van der Waals surface area contributed by atoms with E-state index in [4.69, 9.17) is 0 Å². The molecule has 0 aliphatic carbocycles. The van der Waals surface area contributed by atoms with Crippen molar-refractivity contribution < 1.29 is 0 Å². The van der Waals surface area contributed by atoms with Gasteiger partial charge in [-0.25, -0.2) is 0 Å². The summed E-state index contributed by atoms with van der Waals surface area (Å²) in [5.41, 5.74) is 2.69. The molecule has 0 radical (unpaired) electrons. The summed E-state index contributed by atoms with van der Waals surface area (Å²) in [4.78, 5) is 0. The van der Waals surface area contributed by atoms with Gasteiger partial charge < -0.3 is 0 Å². The lowest BCUT2D eigenvalue weighted by molar-refractivity contribution is 1.50. The Labute approximate surface area is 126 Å². The van der Waals surface area contributed by atoms with Crippen LogP contribution in [0, 0.1) is 11.3 Å². The molecule has 0 atom stereocenters. The van der Waals surface area contributed by atoms with Gasteiger partial charge >= 0.3 is 0 Å². The summed E-state index contributed by atoms with van der Waals surface area (Å²) in [5.74, 6) is 0. The fourth-order valence-electron chi connectivity index (χ4n) is 2.71. The summed E-state index contributed by atoms with van der Waals surface area (Å²) in [5, 5.41) is 12.6. The maximum atomic E-state index is 9.40. The van der Waals surface area contributed by atoms with E-state index in [9.17, 15) is 5.26 Å². The van der Waals surface area contributed by atoms with E-state index >= 15 is 0 Å². The molecule has 3 heteroatoms. The number of rotatable bonds is 1. The number of fused-ring (bicyclic) bond motifs is 2. The van der Waals surface area contributed by atoms with Crippen LogP contribution in [0.5, 0.6) is 0 Å². The number of nitrogens with zero attached hydrogens (tertiary/aromatic N) is 2. The summed E-state index contributed by atoms with van der Waals surface area (Å²) in [7, 11) is 0. The van der Waals surface area contributed by atoms with Gasteiger partial charge in [-0.15, -0.1) is 0 Å². The molecule has 0 saturated heterocycles. The third kappa shape index (κ3) is 1.81. The Morgan fingerprint density at radius 2 is 1.71 bits per heavy atom.